The van der Waals surface area contributed by atoms with E-state index in [0.717, 1.165) is 16.4 Å². The Kier molecular flexibility index (Phi) is 4.21. The molecule has 104 valence electrons. The predicted molar refractivity (Wildman–Crippen MR) is 72.8 cm³/mol. The number of thioether (sulfide) groups is 1. The molecule has 1 atom stereocenters. The summed E-state index contributed by atoms with van der Waals surface area (Å²) in [5.74, 6) is 1.49. The van der Waals surface area contributed by atoms with E-state index in [1.165, 1.54) is 18.9 Å². The first-order chi connectivity index (χ1) is 9.03. The molecule has 0 aliphatic carbocycles. The van der Waals surface area contributed by atoms with Crippen molar-refractivity contribution in [2.45, 2.75) is 17.4 Å². The van der Waals surface area contributed by atoms with Crippen molar-refractivity contribution in [3.63, 3.8) is 0 Å². The quantitative estimate of drug-likeness (QED) is 0.666. The van der Waals surface area contributed by atoms with Gasteiger partial charge in [0.2, 0.25) is 0 Å². The Morgan fingerprint density at radius 1 is 1.42 bits per heavy atom. The summed E-state index contributed by atoms with van der Waals surface area (Å²) in [7, 11) is 1.34. The van der Waals surface area contributed by atoms with Crippen LogP contribution >= 0.6 is 11.8 Å². The van der Waals surface area contributed by atoms with Crippen LogP contribution in [0, 0.1) is 0 Å². The molecule has 19 heavy (non-hydrogen) atoms. The minimum absolute atomic E-state index is 0.419. The zero-order chi connectivity index (χ0) is 13.9. The zero-order valence-electron chi connectivity index (χ0n) is 11.0. The van der Waals surface area contributed by atoms with E-state index >= 15 is 0 Å². The van der Waals surface area contributed by atoms with Crippen LogP contribution < -0.4 is 15.2 Å². The number of carbonyl (C=O) groups is 1. The van der Waals surface area contributed by atoms with Crippen molar-refractivity contribution >= 4 is 17.7 Å². The highest BCUT2D eigenvalue weighted by Gasteiger charge is 2.29. The van der Waals surface area contributed by atoms with Crippen LogP contribution in [0.1, 0.15) is 6.92 Å². The summed E-state index contributed by atoms with van der Waals surface area (Å²) in [5.41, 5.74) is 4.90. The fourth-order valence-corrected chi connectivity index (χ4v) is 2.58. The van der Waals surface area contributed by atoms with Crippen LogP contribution in [-0.4, -0.2) is 37.6 Å². The van der Waals surface area contributed by atoms with E-state index in [1.807, 2.05) is 18.2 Å². The maximum absolute atomic E-state index is 11.5. The third kappa shape index (κ3) is 3.33. The largest absolute Gasteiger partial charge is 0.486 e. The molecule has 5 nitrogen and oxygen atoms in total. The van der Waals surface area contributed by atoms with Crippen molar-refractivity contribution in [3.05, 3.63) is 18.2 Å². The standard InChI is InChI=1S/C13H17NO4S/c1-13(14,12(15)16-2)8-19-9-3-4-10-11(7-9)18-6-5-17-10/h3-4,7H,5-6,8,14H2,1-2H3. The number of rotatable bonds is 4. The minimum Gasteiger partial charge on any atom is -0.486 e. The maximum atomic E-state index is 11.5. The maximum Gasteiger partial charge on any atom is 0.326 e. The second kappa shape index (κ2) is 5.71. The van der Waals surface area contributed by atoms with Gasteiger partial charge in [0.25, 0.3) is 0 Å². The van der Waals surface area contributed by atoms with Crippen molar-refractivity contribution in [1.29, 1.82) is 0 Å². The Balaban J connectivity index is 2.02. The summed E-state index contributed by atoms with van der Waals surface area (Å²) < 4.78 is 15.6. The highest BCUT2D eigenvalue weighted by atomic mass is 32.2. The van der Waals surface area contributed by atoms with E-state index in [9.17, 15) is 4.79 Å². The van der Waals surface area contributed by atoms with Gasteiger partial charge in [-0.2, -0.15) is 0 Å². The molecule has 0 aromatic heterocycles. The van der Waals surface area contributed by atoms with Crippen molar-refractivity contribution < 1.29 is 19.0 Å². The van der Waals surface area contributed by atoms with Gasteiger partial charge in [-0.15, -0.1) is 11.8 Å². The number of ether oxygens (including phenoxy) is 3. The molecule has 0 amide bonds. The molecule has 1 heterocycles. The monoisotopic (exact) mass is 283 g/mol. The smallest absolute Gasteiger partial charge is 0.326 e. The number of methoxy groups -OCH3 is 1. The molecule has 0 saturated carbocycles. The van der Waals surface area contributed by atoms with Gasteiger partial charge in [0.15, 0.2) is 11.5 Å². The molecule has 1 aliphatic rings. The second-order valence-corrected chi connectivity index (χ2v) is 5.55. The lowest BCUT2D eigenvalue weighted by molar-refractivity contribution is -0.145. The number of carbonyl (C=O) groups excluding carboxylic acids is 1. The lowest BCUT2D eigenvalue weighted by Crippen LogP contribution is -2.48. The molecule has 1 aliphatic heterocycles. The fraction of sp³-hybridized carbons (Fsp3) is 0.462. The summed E-state index contributed by atoms with van der Waals surface area (Å²) in [5, 5.41) is 0. The molecule has 1 aromatic rings. The lowest BCUT2D eigenvalue weighted by atomic mass is 10.1. The van der Waals surface area contributed by atoms with E-state index < -0.39 is 11.5 Å². The number of nitrogens with two attached hydrogens (primary N) is 1. The summed E-state index contributed by atoms with van der Waals surface area (Å²) in [6.45, 7) is 2.78. The van der Waals surface area contributed by atoms with Crippen LogP contribution in [-0.2, 0) is 9.53 Å². The first-order valence-corrected chi connectivity index (χ1v) is 6.91. The summed E-state index contributed by atoms with van der Waals surface area (Å²) in [6.07, 6.45) is 0. The van der Waals surface area contributed by atoms with Gasteiger partial charge in [0.1, 0.15) is 18.8 Å². The Bertz CT molecular complexity index is 476. The molecule has 0 saturated heterocycles. The Morgan fingerprint density at radius 3 is 2.79 bits per heavy atom. The van der Waals surface area contributed by atoms with Gasteiger partial charge in [-0.05, 0) is 25.1 Å². The van der Waals surface area contributed by atoms with Gasteiger partial charge >= 0.3 is 5.97 Å². The van der Waals surface area contributed by atoms with Crippen LogP contribution in [0.5, 0.6) is 11.5 Å². The number of benzene rings is 1. The molecular weight excluding hydrogens is 266 g/mol. The fourth-order valence-electron chi connectivity index (χ4n) is 1.64. The van der Waals surface area contributed by atoms with E-state index in [4.69, 9.17) is 15.2 Å². The summed E-state index contributed by atoms with van der Waals surface area (Å²) in [6, 6.07) is 5.68. The van der Waals surface area contributed by atoms with Crippen molar-refractivity contribution in [3.8, 4) is 11.5 Å². The number of hydrogen-bond acceptors (Lipinski definition) is 6. The Labute approximate surface area is 116 Å². The average Bonchev–Trinajstić information content (AvgIpc) is 2.44. The van der Waals surface area contributed by atoms with Crippen LogP contribution in [0.2, 0.25) is 0 Å². The van der Waals surface area contributed by atoms with Crippen molar-refractivity contribution in [2.75, 3.05) is 26.1 Å². The molecule has 0 bridgehead atoms. The third-order valence-electron chi connectivity index (χ3n) is 2.70. The van der Waals surface area contributed by atoms with Crippen LogP contribution in [0.15, 0.2) is 23.1 Å². The number of fused-ring (bicyclic) bond motifs is 1. The van der Waals surface area contributed by atoms with Crippen LogP contribution in [0.25, 0.3) is 0 Å². The molecule has 1 aromatic carbocycles. The molecule has 0 radical (unpaired) electrons. The topological polar surface area (TPSA) is 70.8 Å². The number of hydrogen-bond donors (Lipinski definition) is 1. The highest BCUT2D eigenvalue weighted by molar-refractivity contribution is 7.99. The van der Waals surface area contributed by atoms with Gasteiger partial charge in [0.05, 0.1) is 7.11 Å². The SMILES string of the molecule is COC(=O)C(C)(N)CSc1ccc2c(c1)OCCO2. The van der Waals surface area contributed by atoms with Gasteiger partial charge < -0.3 is 19.9 Å². The van der Waals surface area contributed by atoms with Gasteiger partial charge in [-0.3, -0.25) is 4.79 Å². The molecular formula is C13H17NO4S. The molecule has 6 heteroatoms. The first-order valence-electron chi connectivity index (χ1n) is 5.93. The van der Waals surface area contributed by atoms with E-state index in [1.54, 1.807) is 6.92 Å². The normalized spacial score (nSPS) is 16.6. The minimum atomic E-state index is -1.01. The van der Waals surface area contributed by atoms with Crippen LogP contribution in [0.3, 0.4) is 0 Å². The molecule has 0 fully saturated rings. The summed E-state index contributed by atoms with van der Waals surface area (Å²) in [4.78, 5) is 12.5. The van der Waals surface area contributed by atoms with Crippen molar-refractivity contribution in [1.82, 2.24) is 0 Å². The molecule has 0 spiro atoms. The molecule has 2 rings (SSSR count). The second-order valence-electron chi connectivity index (χ2n) is 4.50. The van der Waals surface area contributed by atoms with Gasteiger partial charge in [0, 0.05) is 10.6 Å². The third-order valence-corrected chi connectivity index (χ3v) is 4.04. The Hall–Kier alpha value is -1.40. The van der Waals surface area contributed by atoms with Gasteiger partial charge in [-0.1, -0.05) is 0 Å². The highest BCUT2D eigenvalue weighted by Crippen LogP contribution is 2.34. The van der Waals surface area contributed by atoms with Gasteiger partial charge in [-0.25, -0.2) is 0 Å². The molecule has 2 N–H and O–H groups in total. The lowest BCUT2D eigenvalue weighted by Gasteiger charge is -2.22. The van der Waals surface area contributed by atoms with E-state index in [2.05, 4.69) is 4.74 Å². The summed E-state index contributed by atoms with van der Waals surface area (Å²) >= 11 is 1.48. The zero-order valence-corrected chi connectivity index (χ0v) is 11.8. The first kappa shape index (κ1) is 14.0. The van der Waals surface area contributed by atoms with E-state index in [0.29, 0.717) is 19.0 Å². The van der Waals surface area contributed by atoms with E-state index in [-0.39, 0.29) is 0 Å². The molecule has 1 unspecified atom stereocenters. The van der Waals surface area contributed by atoms with Crippen LogP contribution in [0.4, 0.5) is 0 Å². The Morgan fingerprint density at radius 2 is 2.11 bits per heavy atom. The number of esters is 1. The predicted octanol–water partition coefficient (Wildman–Crippen LogP) is 1.44. The van der Waals surface area contributed by atoms with Crippen molar-refractivity contribution in [2.24, 2.45) is 5.73 Å². The average molecular weight is 283 g/mol.